The molecule has 7 heteroatoms. The Bertz CT molecular complexity index is 1080. The lowest BCUT2D eigenvalue weighted by molar-refractivity contribution is -0.118. The molecule has 3 aromatic carbocycles. The van der Waals surface area contributed by atoms with Gasteiger partial charge in [-0.05, 0) is 35.6 Å². The van der Waals surface area contributed by atoms with E-state index in [4.69, 9.17) is 9.47 Å². The number of carbonyl (C=O) groups is 2. The summed E-state index contributed by atoms with van der Waals surface area (Å²) in [5.74, 6) is -0.735. The normalized spacial score (nSPS) is 16.2. The van der Waals surface area contributed by atoms with Crippen molar-refractivity contribution >= 4 is 17.7 Å². The summed E-state index contributed by atoms with van der Waals surface area (Å²) in [4.78, 5) is 26.2. The molecule has 1 aliphatic rings. The molecule has 1 heterocycles. The number of benzene rings is 3. The minimum atomic E-state index is -0.902. The van der Waals surface area contributed by atoms with E-state index in [0.717, 1.165) is 48.3 Å². The van der Waals surface area contributed by atoms with Gasteiger partial charge in [0, 0.05) is 24.7 Å². The molecule has 7 nitrogen and oxygen atoms in total. The Balaban J connectivity index is 1.60. The molecule has 0 saturated carbocycles. The van der Waals surface area contributed by atoms with E-state index in [0.29, 0.717) is 6.61 Å². The maximum absolute atomic E-state index is 13.8. The van der Waals surface area contributed by atoms with E-state index in [1.807, 2.05) is 84.9 Å². The average molecular weight is 488 g/mol. The Morgan fingerprint density at radius 3 is 2.22 bits per heavy atom. The standard InChI is InChI=1S/C29H33N3O4/c1-35-29(34)32-27(26(22-11-4-2-5-12-22)23-13-6-3-7-14-23)28(33)31-25-15-9-8-10-21(25)16-17-24-20-30-18-19-36-24/h2-15,24,26-27,30H,16-20H2,1H3,(H,31,33)(H,32,34)/t24-,27+/m1/s1. The summed E-state index contributed by atoms with van der Waals surface area (Å²) in [6.07, 6.45) is 1.10. The molecule has 3 N–H and O–H groups in total. The van der Waals surface area contributed by atoms with Gasteiger partial charge in [-0.1, -0.05) is 78.9 Å². The maximum atomic E-state index is 13.8. The minimum Gasteiger partial charge on any atom is -0.453 e. The van der Waals surface area contributed by atoms with E-state index < -0.39 is 18.1 Å². The second kappa shape index (κ2) is 12.9. The molecule has 0 aromatic heterocycles. The van der Waals surface area contributed by atoms with Crippen LogP contribution in [-0.4, -0.2) is 51.0 Å². The predicted octanol–water partition coefficient (Wildman–Crippen LogP) is 4.10. The molecule has 1 saturated heterocycles. The van der Waals surface area contributed by atoms with Crippen molar-refractivity contribution in [3.63, 3.8) is 0 Å². The molecule has 4 rings (SSSR count). The lowest BCUT2D eigenvalue weighted by Gasteiger charge is -2.28. The van der Waals surface area contributed by atoms with E-state index >= 15 is 0 Å². The highest BCUT2D eigenvalue weighted by atomic mass is 16.5. The molecular weight excluding hydrogens is 454 g/mol. The van der Waals surface area contributed by atoms with Crippen LogP contribution in [0.1, 0.15) is 29.0 Å². The number of morpholine rings is 1. The fraction of sp³-hybridized carbons (Fsp3) is 0.310. The van der Waals surface area contributed by atoms with Gasteiger partial charge in [-0.15, -0.1) is 0 Å². The summed E-state index contributed by atoms with van der Waals surface area (Å²) < 4.78 is 10.7. The van der Waals surface area contributed by atoms with E-state index in [1.165, 1.54) is 7.11 Å². The number of aryl methyl sites for hydroxylation is 1. The maximum Gasteiger partial charge on any atom is 0.407 e. The van der Waals surface area contributed by atoms with Gasteiger partial charge in [-0.3, -0.25) is 4.79 Å². The van der Waals surface area contributed by atoms with Crippen LogP contribution in [0.5, 0.6) is 0 Å². The molecule has 3 aromatic rings. The molecule has 0 unspecified atom stereocenters. The van der Waals surface area contributed by atoms with Crippen LogP contribution in [0, 0.1) is 0 Å². The quantitative estimate of drug-likeness (QED) is 0.423. The number of ether oxygens (including phenoxy) is 2. The molecule has 188 valence electrons. The zero-order chi connectivity index (χ0) is 25.2. The van der Waals surface area contributed by atoms with Gasteiger partial charge in [0.1, 0.15) is 6.04 Å². The Morgan fingerprint density at radius 1 is 0.972 bits per heavy atom. The summed E-state index contributed by atoms with van der Waals surface area (Å²) in [6, 6.07) is 26.3. The smallest absolute Gasteiger partial charge is 0.407 e. The molecular formula is C29H33N3O4. The topological polar surface area (TPSA) is 88.7 Å². The van der Waals surface area contributed by atoms with E-state index in [-0.39, 0.29) is 12.0 Å². The van der Waals surface area contributed by atoms with Gasteiger partial charge in [-0.25, -0.2) is 4.79 Å². The van der Waals surface area contributed by atoms with Gasteiger partial charge in [0.25, 0.3) is 0 Å². The third kappa shape index (κ3) is 6.71. The number of rotatable bonds is 9. The first kappa shape index (κ1) is 25.4. The first-order chi connectivity index (χ1) is 17.7. The van der Waals surface area contributed by atoms with E-state index in [9.17, 15) is 9.59 Å². The molecule has 1 aliphatic heterocycles. The van der Waals surface area contributed by atoms with Gasteiger partial charge >= 0.3 is 6.09 Å². The summed E-state index contributed by atoms with van der Waals surface area (Å²) in [5, 5.41) is 9.22. The summed E-state index contributed by atoms with van der Waals surface area (Å²) in [5.41, 5.74) is 3.57. The first-order valence-corrected chi connectivity index (χ1v) is 12.3. The van der Waals surface area contributed by atoms with Crippen LogP contribution < -0.4 is 16.0 Å². The number of hydrogen-bond donors (Lipinski definition) is 3. The summed E-state index contributed by atoms with van der Waals surface area (Å²) in [6.45, 7) is 2.42. The molecule has 2 amide bonds. The van der Waals surface area contributed by atoms with Crippen LogP contribution in [0.15, 0.2) is 84.9 Å². The highest BCUT2D eigenvalue weighted by molar-refractivity contribution is 5.98. The van der Waals surface area contributed by atoms with Crippen molar-refractivity contribution in [3.8, 4) is 0 Å². The molecule has 2 atom stereocenters. The monoisotopic (exact) mass is 487 g/mol. The van der Waals surface area contributed by atoms with Gasteiger partial charge < -0.3 is 25.4 Å². The minimum absolute atomic E-state index is 0.150. The van der Waals surface area contributed by atoms with E-state index in [1.54, 1.807) is 0 Å². The number of hydrogen-bond acceptors (Lipinski definition) is 5. The third-order valence-corrected chi connectivity index (χ3v) is 6.41. The van der Waals surface area contributed by atoms with Crippen LogP contribution in [0.2, 0.25) is 0 Å². The van der Waals surface area contributed by atoms with Gasteiger partial charge in [0.05, 0.1) is 19.8 Å². The van der Waals surface area contributed by atoms with Crippen molar-refractivity contribution in [2.45, 2.75) is 30.9 Å². The van der Waals surface area contributed by atoms with E-state index in [2.05, 4.69) is 16.0 Å². The fourth-order valence-corrected chi connectivity index (χ4v) is 4.58. The third-order valence-electron chi connectivity index (χ3n) is 6.41. The number of carbonyl (C=O) groups excluding carboxylic acids is 2. The van der Waals surface area contributed by atoms with Crippen molar-refractivity contribution in [2.24, 2.45) is 0 Å². The summed E-state index contributed by atoms with van der Waals surface area (Å²) >= 11 is 0. The fourth-order valence-electron chi connectivity index (χ4n) is 4.58. The number of alkyl carbamates (subject to hydrolysis) is 1. The van der Waals surface area contributed by atoms with Crippen molar-refractivity contribution in [1.82, 2.24) is 10.6 Å². The van der Waals surface area contributed by atoms with Crippen LogP contribution in [0.4, 0.5) is 10.5 Å². The van der Waals surface area contributed by atoms with Crippen molar-refractivity contribution in [1.29, 1.82) is 0 Å². The zero-order valence-corrected chi connectivity index (χ0v) is 20.5. The number of nitrogens with one attached hydrogen (secondary N) is 3. The lowest BCUT2D eigenvalue weighted by Crippen LogP contribution is -2.48. The van der Waals surface area contributed by atoms with Crippen LogP contribution >= 0.6 is 0 Å². The van der Waals surface area contributed by atoms with Gasteiger partial charge in [0.15, 0.2) is 0 Å². The highest BCUT2D eigenvalue weighted by Crippen LogP contribution is 2.29. The zero-order valence-electron chi connectivity index (χ0n) is 20.5. The molecule has 36 heavy (non-hydrogen) atoms. The molecule has 0 spiro atoms. The Labute approximate surface area is 212 Å². The van der Waals surface area contributed by atoms with Crippen LogP contribution in [0.3, 0.4) is 0 Å². The Hall–Kier alpha value is -3.68. The molecule has 0 radical (unpaired) electrons. The number of para-hydroxylation sites is 1. The van der Waals surface area contributed by atoms with Gasteiger partial charge in [0.2, 0.25) is 5.91 Å². The lowest BCUT2D eigenvalue weighted by atomic mass is 9.84. The second-order valence-electron chi connectivity index (χ2n) is 8.79. The Kier molecular flexibility index (Phi) is 9.08. The number of methoxy groups -OCH3 is 1. The van der Waals surface area contributed by atoms with Crippen molar-refractivity contribution < 1.29 is 19.1 Å². The Morgan fingerprint density at radius 2 is 1.61 bits per heavy atom. The molecule has 0 aliphatic carbocycles. The van der Waals surface area contributed by atoms with Crippen LogP contribution in [-0.2, 0) is 20.7 Å². The second-order valence-corrected chi connectivity index (χ2v) is 8.79. The van der Waals surface area contributed by atoms with Crippen molar-refractivity contribution in [2.75, 3.05) is 32.1 Å². The molecule has 1 fully saturated rings. The average Bonchev–Trinajstić information content (AvgIpc) is 2.94. The summed E-state index contributed by atoms with van der Waals surface area (Å²) in [7, 11) is 1.29. The first-order valence-electron chi connectivity index (χ1n) is 12.3. The SMILES string of the molecule is COC(=O)N[C@H](C(=O)Nc1ccccc1CC[C@@H]1CNCCO1)C(c1ccccc1)c1ccccc1. The largest absolute Gasteiger partial charge is 0.453 e. The van der Waals surface area contributed by atoms with Crippen molar-refractivity contribution in [3.05, 3.63) is 102 Å². The molecule has 0 bridgehead atoms. The van der Waals surface area contributed by atoms with Gasteiger partial charge in [-0.2, -0.15) is 0 Å². The predicted molar refractivity (Wildman–Crippen MR) is 140 cm³/mol. The van der Waals surface area contributed by atoms with Crippen LogP contribution in [0.25, 0.3) is 0 Å². The highest BCUT2D eigenvalue weighted by Gasteiger charge is 2.33. The number of anilines is 1. The number of amides is 2.